The topological polar surface area (TPSA) is 70.2 Å². The largest absolute Gasteiger partial charge is 0.376 e. The maximum Gasteiger partial charge on any atom is 0.243 e. The summed E-state index contributed by atoms with van der Waals surface area (Å²) in [5.74, 6) is -0.150. The number of amides is 2. The molecule has 0 aromatic heterocycles. The molecule has 0 saturated carbocycles. The fraction of sp³-hybridized carbons (Fsp3) is 0.111. The molecule has 4 aromatic rings. The summed E-state index contributed by atoms with van der Waals surface area (Å²) >= 11 is 0. The molecule has 0 heterocycles. The minimum absolute atomic E-state index is 0.0238. The molecule has 0 aliphatic rings. The van der Waals surface area contributed by atoms with E-state index in [2.05, 4.69) is 16.0 Å². The van der Waals surface area contributed by atoms with Gasteiger partial charge >= 0.3 is 0 Å². The second-order valence-corrected chi connectivity index (χ2v) is 7.57. The molecule has 3 N–H and O–H groups in total. The molecule has 0 spiro atoms. The molecule has 2 amide bonds. The molecule has 0 unspecified atom stereocenters. The van der Waals surface area contributed by atoms with Gasteiger partial charge in [0.05, 0.1) is 6.54 Å². The van der Waals surface area contributed by atoms with Crippen molar-refractivity contribution in [3.8, 4) is 0 Å². The van der Waals surface area contributed by atoms with Crippen LogP contribution in [-0.4, -0.2) is 18.4 Å². The van der Waals surface area contributed by atoms with Crippen molar-refractivity contribution in [2.45, 2.75) is 12.8 Å². The van der Waals surface area contributed by atoms with E-state index in [9.17, 15) is 9.59 Å². The van der Waals surface area contributed by atoms with Gasteiger partial charge in [0.25, 0.3) is 0 Å². The third-order valence-electron chi connectivity index (χ3n) is 5.14. The Bertz CT molecular complexity index is 1200. The summed E-state index contributed by atoms with van der Waals surface area (Å²) < 4.78 is 0. The standard InChI is InChI=1S/C27H25N3O2/c31-26(17-10-20-6-2-1-3-7-20)29-24-15-13-23(14-16-24)28-19-27(32)30-25-12-11-21-8-4-5-9-22(21)18-25/h1-9,11-16,18,28H,10,17,19H2,(H,29,31)(H,30,32). The minimum Gasteiger partial charge on any atom is -0.376 e. The fourth-order valence-electron chi connectivity index (χ4n) is 3.45. The van der Waals surface area contributed by atoms with E-state index >= 15 is 0 Å². The highest BCUT2D eigenvalue weighted by Crippen LogP contribution is 2.19. The Morgan fingerprint density at radius 1 is 0.594 bits per heavy atom. The molecule has 0 bridgehead atoms. The van der Waals surface area contributed by atoms with Gasteiger partial charge in [-0.05, 0) is 59.2 Å². The van der Waals surface area contributed by atoms with Gasteiger partial charge in [-0.2, -0.15) is 0 Å². The van der Waals surface area contributed by atoms with Gasteiger partial charge in [-0.25, -0.2) is 0 Å². The van der Waals surface area contributed by atoms with Gasteiger partial charge < -0.3 is 16.0 Å². The first-order chi connectivity index (χ1) is 15.7. The number of benzene rings is 4. The zero-order chi connectivity index (χ0) is 22.2. The van der Waals surface area contributed by atoms with Gasteiger partial charge in [-0.3, -0.25) is 9.59 Å². The highest BCUT2D eigenvalue weighted by molar-refractivity contribution is 5.96. The van der Waals surface area contributed by atoms with Crippen molar-refractivity contribution in [3.05, 3.63) is 103 Å². The zero-order valence-corrected chi connectivity index (χ0v) is 17.7. The SMILES string of the molecule is O=C(CCc1ccccc1)Nc1ccc(NCC(=O)Nc2ccc3ccccc3c2)cc1. The van der Waals surface area contributed by atoms with Crippen LogP contribution in [0, 0.1) is 0 Å². The van der Waals surface area contributed by atoms with Crippen LogP contribution in [0.2, 0.25) is 0 Å². The highest BCUT2D eigenvalue weighted by Gasteiger charge is 2.05. The van der Waals surface area contributed by atoms with Crippen LogP contribution in [0.25, 0.3) is 10.8 Å². The van der Waals surface area contributed by atoms with E-state index in [1.54, 1.807) is 0 Å². The fourth-order valence-corrected chi connectivity index (χ4v) is 3.45. The second-order valence-electron chi connectivity index (χ2n) is 7.57. The Morgan fingerprint density at radius 3 is 2.00 bits per heavy atom. The lowest BCUT2D eigenvalue weighted by Gasteiger charge is -2.10. The molecule has 0 fully saturated rings. The molecule has 4 rings (SSSR count). The van der Waals surface area contributed by atoms with Gasteiger partial charge in [0.15, 0.2) is 0 Å². The van der Waals surface area contributed by atoms with E-state index in [0.717, 1.165) is 33.4 Å². The monoisotopic (exact) mass is 423 g/mol. The van der Waals surface area contributed by atoms with E-state index in [1.165, 1.54) is 0 Å². The van der Waals surface area contributed by atoms with Crippen LogP contribution in [0.5, 0.6) is 0 Å². The number of hydrogen-bond donors (Lipinski definition) is 3. The number of fused-ring (bicyclic) bond motifs is 1. The van der Waals surface area contributed by atoms with Gasteiger partial charge in [0.1, 0.15) is 0 Å². The van der Waals surface area contributed by atoms with Gasteiger partial charge in [0, 0.05) is 23.5 Å². The summed E-state index contributed by atoms with van der Waals surface area (Å²) in [6, 6.07) is 31.2. The summed E-state index contributed by atoms with van der Waals surface area (Å²) in [4.78, 5) is 24.5. The highest BCUT2D eigenvalue weighted by atomic mass is 16.2. The van der Waals surface area contributed by atoms with E-state index in [0.29, 0.717) is 12.8 Å². The average molecular weight is 424 g/mol. The first kappa shape index (κ1) is 21.1. The quantitative estimate of drug-likeness (QED) is 0.352. The molecule has 0 radical (unpaired) electrons. The van der Waals surface area contributed by atoms with Crippen molar-refractivity contribution in [1.82, 2.24) is 0 Å². The molecular formula is C27H25N3O2. The zero-order valence-electron chi connectivity index (χ0n) is 17.7. The summed E-state index contributed by atoms with van der Waals surface area (Å²) in [6.45, 7) is 0.148. The van der Waals surface area contributed by atoms with E-state index in [4.69, 9.17) is 0 Å². The summed E-state index contributed by atoms with van der Waals surface area (Å²) in [5, 5.41) is 11.1. The first-order valence-electron chi connectivity index (χ1n) is 10.6. The van der Waals surface area contributed by atoms with Crippen LogP contribution < -0.4 is 16.0 Å². The van der Waals surface area contributed by atoms with Crippen molar-refractivity contribution < 1.29 is 9.59 Å². The molecule has 4 aromatic carbocycles. The lowest BCUT2D eigenvalue weighted by atomic mass is 10.1. The Kier molecular flexibility index (Phi) is 6.78. The van der Waals surface area contributed by atoms with Crippen molar-refractivity contribution in [2.24, 2.45) is 0 Å². The lowest BCUT2D eigenvalue weighted by Crippen LogP contribution is -2.21. The van der Waals surface area contributed by atoms with Crippen LogP contribution in [-0.2, 0) is 16.0 Å². The molecule has 32 heavy (non-hydrogen) atoms. The Labute approximate surface area is 187 Å². The number of hydrogen-bond acceptors (Lipinski definition) is 3. The maximum atomic E-state index is 12.3. The molecular weight excluding hydrogens is 398 g/mol. The number of nitrogens with one attached hydrogen (secondary N) is 3. The lowest BCUT2D eigenvalue weighted by molar-refractivity contribution is -0.116. The summed E-state index contributed by atoms with van der Waals surface area (Å²) in [7, 11) is 0. The smallest absolute Gasteiger partial charge is 0.243 e. The number of rotatable bonds is 8. The third-order valence-corrected chi connectivity index (χ3v) is 5.14. The molecule has 5 nitrogen and oxygen atoms in total. The predicted molar refractivity (Wildman–Crippen MR) is 131 cm³/mol. The van der Waals surface area contributed by atoms with E-state index in [-0.39, 0.29) is 18.4 Å². The minimum atomic E-state index is -0.126. The van der Waals surface area contributed by atoms with Crippen molar-refractivity contribution in [1.29, 1.82) is 0 Å². The summed E-state index contributed by atoms with van der Waals surface area (Å²) in [6.07, 6.45) is 1.14. The van der Waals surface area contributed by atoms with E-state index in [1.807, 2.05) is 97.1 Å². The first-order valence-corrected chi connectivity index (χ1v) is 10.6. The van der Waals surface area contributed by atoms with Gasteiger partial charge in [0.2, 0.25) is 11.8 Å². The Balaban J connectivity index is 1.23. The normalized spacial score (nSPS) is 10.5. The van der Waals surface area contributed by atoms with Crippen molar-refractivity contribution >= 4 is 39.6 Å². The van der Waals surface area contributed by atoms with Crippen LogP contribution in [0.4, 0.5) is 17.1 Å². The second kappa shape index (κ2) is 10.3. The molecule has 5 heteroatoms. The molecule has 0 aliphatic heterocycles. The van der Waals surface area contributed by atoms with Gasteiger partial charge in [-0.1, -0.05) is 60.7 Å². The third kappa shape index (κ3) is 5.95. The number of aryl methyl sites for hydroxylation is 1. The number of carbonyl (C=O) groups excluding carboxylic acids is 2. The average Bonchev–Trinajstić information content (AvgIpc) is 2.83. The Hall–Kier alpha value is -4.12. The number of anilines is 3. The van der Waals surface area contributed by atoms with Crippen molar-refractivity contribution in [2.75, 3.05) is 22.5 Å². The predicted octanol–water partition coefficient (Wildman–Crippen LogP) is 5.46. The van der Waals surface area contributed by atoms with Crippen molar-refractivity contribution in [3.63, 3.8) is 0 Å². The van der Waals surface area contributed by atoms with Crippen LogP contribution >= 0.6 is 0 Å². The Morgan fingerprint density at radius 2 is 1.22 bits per heavy atom. The number of carbonyl (C=O) groups is 2. The van der Waals surface area contributed by atoms with Crippen LogP contribution in [0.3, 0.4) is 0 Å². The van der Waals surface area contributed by atoms with Crippen LogP contribution in [0.1, 0.15) is 12.0 Å². The molecule has 0 aliphatic carbocycles. The van der Waals surface area contributed by atoms with Crippen LogP contribution in [0.15, 0.2) is 97.1 Å². The maximum absolute atomic E-state index is 12.3. The van der Waals surface area contributed by atoms with E-state index < -0.39 is 0 Å². The van der Waals surface area contributed by atoms with Gasteiger partial charge in [-0.15, -0.1) is 0 Å². The molecule has 160 valence electrons. The molecule has 0 saturated heterocycles. The molecule has 0 atom stereocenters. The summed E-state index contributed by atoms with van der Waals surface area (Å²) in [5.41, 5.74) is 3.45.